The molecule has 0 saturated heterocycles. The highest BCUT2D eigenvalue weighted by Crippen LogP contribution is 2.22. The second-order valence-corrected chi connectivity index (χ2v) is 6.60. The van der Waals surface area contributed by atoms with E-state index in [4.69, 9.17) is 26.3 Å². The van der Waals surface area contributed by atoms with E-state index < -0.39 is 23.9 Å². The van der Waals surface area contributed by atoms with Crippen LogP contribution in [-0.2, 0) is 14.3 Å². The van der Waals surface area contributed by atoms with Gasteiger partial charge in [0.25, 0.3) is 5.91 Å². The summed E-state index contributed by atoms with van der Waals surface area (Å²) in [6, 6.07) is 6.34. The van der Waals surface area contributed by atoms with Gasteiger partial charge < -0.3 is 19.8 Å². The number of benzene rings is 1. The van der Waals surface area contributed by atoms with Gasteiger partial charge >= 0.3 is 11.9 Å². The van der Waals surface area contributed by atoms with Gasteiger partial charge in [-0.15, -0.1) is 0 Å². The number of nitriles is 1. The average molecular weight is 418 g/mol. The zero-order valence-corrected chi connectivity index (χ0v) is 17.1. The van der Waals surface area contributed by atoms with Crippen LogP contribution < -0.4 is 5.32 Å². The molecule has 1 amide bonds. The number of amides is 1. The van der Waals surface area contributed by atoms with Crippen molar-refractivity contribution in [1.82, 2.24) is 4.98 Å². The molecule has 1 aromatic heterocycles. The maximum absolute atomic E-state index is 12.6. The highest BCUT2D eigenvalue weighted by molar-refractivity contribution is 6.32. The molecular formula is C20H20ClN3O5. The van der Waals surface area contributed by atoms with Gasteiger partial charge in [-0.25, -0.2) is 9.59 Å². The minimum atomic E-state index is -1.11. The molecule has 2 N–H and O–H groups in total. The highest BCUT2D eigenvalue weighted by Gasteiger charge is 2.26. The number of carbonyl (C=O) groups is 3. The standard InChI is InChI=1S/C20H20ClN3O5/c1-5-28-20(27)17-10(2)16(11(3)23-17)19(26)29-12(4)18(25)24-14-7-6-13(9-22)15(21)8-14/h6-8,12,23H,5H2,1-4H3,(H,24,25)/t12-/m0/s1. The lowest BCUT2D eigenvalue weighted by Crippen LogP contribution is -2.30. The van der Waals surface area contributed by atoms with E-state index in [2.05, 4.69) is 10.3 Å². The molecule has 0 unspecified atom stereocenters. The minimum absolute atomic E-state index is 0.167. The second-order valence-electron chi connectivity index (χ2n) is 6.19. The fraction of sp³-hybridized carbons (Fsp3) is 0.300. The molecule has 0 saturated carbocycles. The summed E-state index contributed by atoms with van der Waals surface area (Å²) in [5, 5.41) is 11.6. The lowest BCUT2D eigenvalue weighted by molar-refractivity contribution is -0.123. The number of hydrogen-bond acceptors (Lipinski definition) is 6. The van der Waals surface area contributed by atoms with Crippen molar-refractivity contribution in [1.29, 1.82) is 5.26 Å². The van der Waals surface area contributed by atoms with Gasteiger partial charge in [-0.05, 0) is 51.5 Å². The van der Waals surface area contributed by atoms with Crippen molar-refractivity contribution < 1.29 is 23.9 Å². The first-order chi connectivity index (χ1) is 13.7. The summed E-state index contributed by atoms with van der Waals surface area (Å²) in [7, 11) is 0. The SMILES string of the molecule is CCOC(=O)c1[nH]c(C)c(C(=O)O[C@@H](C)C(=O)Nc2ccc(C#N)c(Cl)c2)c1C. The summed E-state index contributed by atoms with van der Waals surface area (Å²) in [5.74, 6) is -1.89. The normalized spacial score (nSPS) is 11.3. The molecule has 1 aromatic carbocycles. The molecule has 0 aliphatic heterocycles. The maximum atomic E-state index is 12.6. The van der Waals surface area contributed by atoms with Crippen LogP contribution >= 0.6 is 11.6 Å². The van der Waals surface area contributed by atoms with Crippen LogP contribution in [0, 0.1) is 25.2 Å². The number of hydrogen-bond donors (Lipinski definition) is 2. The van der Waals surface area contributed by atoms with Crippen molar-refractivity contribution in [2.24, 2.45) is 0 Å². The number of nitrogens with zero attached hydrogens (tertiary/aromatic N) is 1. The third-order valence-electron chi connectivity index (χ3n) is 4.13. The first-order valence-corrected chi connectivity index (χ1v) is 9.15. The first kappa shape index (κ1) is 22.0. The van der Waals surface area contributed by atoms with Gasteiger partial charge in [0, 0.05) is 11.4 Å². The average Bonchev–Trinajstić information content (AvgIpc) is 2.96. The molecule has 29 heavy (non-hydrogen) atoms. The van der Waals surface area contributed by atoms with Crippen LogP contribution in [0.4, 0.5) is 5.69 Å². The number of aromatic nitrogens is 1. The Balaban J connectivity index is 2.10. The quantitative estimate of drug-likeness (QED) is 0.693. The van der Waals surface area contributed by atoms with Gasteiger partial charge in [0.15, 0.2) is 6.10 Å². The van der Waals surface area contributed by atoms with E-state index in [9.17, 15) is 14.4 Å². The lowest BCUT2D eigenvalue weighted by atomic mass is 10.1. The molecule has 1 atom stereocenters. The van der Waals surface area contributed by atoms with E-state index in [1.165, 1.54) is 25.1 Å². The van der Waals surface area contributed by atoms with Crippen molar-refractivity contribution in [3.8, 4) is 6.07 Å². The molecule has 0 aliphatic carbocycles. The molecule has 0 bridgehead atoms. The predicted octanol–water partition coefficient (Wildman–Crippen LogP) is 3.52. The number of aromatic amines is 1. The van der Waals surface area contributed by atoms with Gasteiger partial charge in [0.05, 0.1) is 22.8 Å². The number of aryl methyl sites for hydroxylation is 1. The van der Waals surface area contributed by atoms with Crippen molar-refractivity contribution in [3.63, 3.8) is 0 Å². The molecule has 0 spiro atoms. The molecule has 2 aromatic rings. The number of esters is 2. The van der Waals surface area contributed by atoms with E-state index in [0.717, 1.165) is 0 Å². The van der Waals surface area contributed by atoms with E-state index in [0.29, 0.717) is 16.9 Å². The Labute approximate surface area is 172 Å². The summed E-state index contributed by atoms with van der Waals surface area (Å²) < 4.78 is 10.2. The summed E-state index contributed by atoms with van der Waals surface area (Å²) in [6.45, 7) is 6.51. The Kier molecular flexibility index (Phi) is 7.02. The molecule has 152 valence electrons. The monoisotopic (exact) mass is 417 g/mol. The molecule has 0 aliphatic rings. The molecular weight excluding hydrogens is 398 g/mol. The third-order valence-corrected chi connectivity index (χ3v) is 4.44. The van der Waals surface area contributed by atoms with Crippen LogP contribution in [0.1, 0.15) is 51.5 Å². The summed E-state index contributed by atoms with van der Waals surface area (Å²) >= 11 is 5.94. The minimum Gasteiger partial charge on any atom is -0.461 e. The molecule has 0 radical (unpaired) electrons. The number of nitrogens with one attached hydrogen (secondary N) is 2. The van der Waals surface area contributed by atoms with Crippen LogP contribution in [0.3, 0.4) is 0 Å². The second kappa shape index (κ2) is 9.26. The van der Waals surface area contributed by atoms with Crippen LogP contribution in [0.15, 0.2) is 18.2 Å². The van der Waals surface area contributed by atoms with Crippen LogP contribution in [0.2, 0.25) is 5.02 Å². The first-order valence-electron chi connectivity index (χ1n) is 8.77. The van der Waals surface area contributed by atoms with E-state index in [1.54, 1.807) is 20.8 Å². The van der Waals surface area contributed by atoms with Crippen LogP contribution in [0.5, 0.6) is 0 Å². The lowest BCUT2D eigenvalue weighted by Gasteiger charge is -2.14. The molecule has 9 heteroatoms. The summed E-state index contributed by atoms with van der Waals surface area (Å²) in [5.41, 5.74) is 1.80. The number of rotatable bonds is 6. The number of H-pyrrole nitrogens is 1. The number of carbonyl (C=O) groups excluding carboxylic acids is 3. The largest absolute Gasteiger partial charge is 0.461 e. The molecule has 1 heterocycles. The van der Waals surface area contributed by atoms with E-state index in [-0.39, 0.29) is 28.5 Å². The Morgan fingerprint density at radius 2 is 1.97 bits per heavy atom. The summed E-state index contributed by atoms with van der Waals surface area (Å²) in [6.07, 6.45) is -1.11. The van der Waals surface area contributed by atoms with Gasteiger partial charge in [0.2, 0.25) is 0 Å². The van der Waals surface area contributed by atoms with Crippen molar-refractivity contribution in [3.05, 3.63) is 51.3 Å². The van der Waals surface area contributed by atoms with E-state index >= 15 is 0 Å². The number of halogens is 1. The van der Waals surface area contributed by atoms with Crippen molar-refractivity contribution >= 4 is 35.1 Å². The van der Waals surface area contributed by atoms with Crippen LogP contribution in [-0.4, -0.2) is 35.5 Å². The molecule has 0 fully saturated rings. The highest BCUT2D eigenvalue weighted by atomic mass is 35.5. The number of anilines is 1. The van der Waals surface area contributed by atoms with Gasteiger partial charge in [-0.1, -0.05) is 11.6 Å². The fourth-order valence-electron chi connectivity index (χ4n) is 2.66. The topological polar surface area (TPSA) is 121 Å². The van der Waals surface area contributed by atoms with Crippen LogP contribution in [0.25, 0.3) is 0 Å². The smallest absolute Gasteiger partial charge is 0.355 e. The Bertz CT molecular complexity index is 1010. The maximum Gasteiger partial charge on any atom is 0.355 e. The predicted molar refractivity (Wildman–Crippen MR) is 106 cm³/mol. The Hall–Kier alpha value is -3.31. The van der Waals surface area contributed by atoms with Crippen molar-refractivity contribution in [2.45, 2.75) is 33.8 Å². The van der Waals surface area contributed by atoms with Gasteiger partial charge in [-0.2, -0.15) is 5.26 Å². The van der Waals surface area contributed by atoms with Crippen molar-refractivity contribution in [2.75, 3.05) is 11.9 Å². The zero-order chi connectivity index (χ0) is 21.7. The molecule has 8 nitrogen and oxygen atoms in total. The van der Waals surface area contributed by atoms with E-state index in [1.807, 2.05) is 6.07 Å². The van der Waals surface area contributed by atoms with Gasteiger partial charge in [-0.3, -0.25) is 4.79 Å². The fourth-order valence-corrected chi connectivity index (χ4v) is 2.89. The summed E-state index contributed by atoms with van der Waals surface area (Å²) in [4.78, 5) is 39.7. The third kappa shape index (κ3) is 4.95. The molecule has 2 rings (SSSR count). The Morgan fingerprint density at radius 3 is 2.55 bits per heavy atom. The Morgan fingerprint density at radius 1 is 1.28 bits per heavy atom. The zero-order valence-electron chi connectivity index (χ0n) is 16.4. The number of ether oxygens (including phenoxy) is 2. The van der Waals surface area contributed by atoms with Gasteiger partial charge in [0.1, 0.15) is 11.8 Å².